The normalized spacial score (nSPS) is 11.9. The molecular weight excluding hydrogens is 361 g/mol. The largest absolute Gasteiger partial charge is 0.496 e. The van der Waals surface area contributed by atoms with Crippen LogP contribution in [0.1, 0.15) is 16.8 Å². The van der Waals surface area contributed by atoms with Crippen molar-refractivity contribution in [2.45, 2.75) is 13.1 Å². The third-order valence-electron chi connectivity index (χ3n) is 3.69. The Bertz CT molecular complexity index is 931. The summed E-state index contributed by atoms with van der Waals surface area (Å²) in [5, 5.41) is 1.33. The minimum Gasteiger partial charge on any atom is -0.496 e. The number of benzene rings is 2. The quantitative estimate of drug-likeness (QED) is 0.532. The Morgan fingerprint density at radius 1 is 1.08 bits per heavy atom. The highest BCUT2D eigenvalue weighted by molar-refractivity contribution is 7.18. The molecule has 0 amide bonds. The van der Waals surface area contributed by atoms with Gasteiger partial charge in [0.2, 0.25) is 0 Å². The first-order valence-electron chi connectivity index (χ1n) is 7.70. The van der Waals surface area contributed by atoms with Crippen molar-refractivity contribution < 1.29 is 17.9 Å². The van der Waals surface area contributed by atoms with Crippen molar-refractivity contribution in [2.75, 3.05) is 7.11 Å². The van der Waals surface area contributed by atoms with E-state index in [1.54, 1.807) is 13.3 Å². The van der Waals surface area contributed by atoms with Crippen LogP contribution in [0.25, 0.3) is 10.6 Å². The van der Waals surface area contributed by atoms with Crippen molar-refractivity contribution in [1.29, 1.82) is 0 Å². The summed E-state index contributed by atoms with van der Waals surface area (Å²) in [6.45, 7) is 1.82. The summed E-state index contributed by atoms with van der Waals surface area (Å²) in [6, 6.07) is 12.5. The van der Waals surface area contributed by atoms with Gasteiger partial charge in [-0.2, -0.15) is 13.2 Å². The van der Waals surface area contributed by atoms with Gasteiger partial charge in [0.15, 0.2) is 0 Å². The predicted octanol–water partition coefficient (Wildman–Crippen LogP) is 5.90. The third kappa shape index (κ3) is 3.94. The molecule has 0 bridgehead atoms. The highest BCUT2D eigenvalue weighted by Crippen LogP contribution is 2.36. The van der Waals surface area contributed by atoms with Gasteiger partial charge in [0.1, 0.15) is 15.8 Å². The molecule has 26 heavy (non-hydrogen) atoms. The minimum absolute atomic E-state index is 0.628. The molecule has 3 nitrogen and oxygen atoms in total. The van der Waals surface area contributed by atoms with Crippen LogP contribution >= 0.6 is 11.3 Å². The molecule has 0 aliphatic carbocycles. The van der Waals surface area contributed by atoms with Crippen LogP contribution in [0.4, 0.5) is 18.2 Å². The topological polar surface area (TPSA) is 34.5 Å². The van der Waals surface area contributed by atoms with E-state index in [2.05, 4.69) is 9.98 Å². The van der Waals surface area contributed by atoms with Crippen LogP contribution in [0.15, 0.2) is 53.5 Å². The van der Waals surface area contributed by atoms with Crippen LogP contribution in [0.2, 0.25) is 0 Å². The van der Waals surface area contributed by atoms with E-state index >= 15 is 0 Å². The SMILES string of the molecule is COc1ccccc1/C=N/c1sc(-c2ccc(C(F)(F)F)cc2)nc1C. The Morgan fingerprint density at radius 3 is 2.42 bits per heavy atom. The van der Waals surface area contributed by atoms with Gasteiger partial charge >= 0.3 is 6.18 Å². The van der Waals surface area contributed by atoms with Crippen molar-refractivity contribution >= 4 is 22.6 Å². The average Bonchev–Trinajstić information content (AvgIpc) is 3.00. The summed E-state index contributed by atoms with van der Waals surface area (Å²) < 4.78 is 43.3. The van der Waals surface area contributed by atoms with Gasteiger partial charge in [0.05, 0.1) is 18.4 Å². The molecular formula is C19H15F3N2OS. The zero-order valence-corrected chi connectivity index (χ0v) is 14.9. The number of ether oxygens (including phenoxy) is 1. The smallest absolute Gasteiger partial charge is 0.416 e. The number of nitrogens with zero attached hydrogens (tertiary/aromatic N) is 2. The number of para-hydroxylation sites is 1. The number of alkyl halides is 3. The molecule has 0 spiro atoms. The fourth-order valence-corrected chi connectivity index (χ4v) is 3.25. The van der Waals surface area contributed by atoms with Crippen LogP contribution in [0.3, 0.4) is 0 Å². The van der Waals surface area contributed by atoms with E-state index in [1.165, 1.54) is 23.5 Å². The van der Waals surface area contributed by atoms with Crippen molar-refractivity contribution in [3.05, 3.63) is 65.4 Å². The number of aliphatic imine (C=N–C) groups is 1. The second-order valence-corrected chi connectivity index (χ2v) is 6.46. The van der Waals surface area contributed by atoms with Crippen molar-refractivity contribution in [3.63, 3.8) is 0 Å². The first-order chi connectivity index (χ1) is 12.4. The number of rotatable bonds is 4. The highest BCUT2D eigenvalue weighted by Gasteiger charge is 2.30. The van der Waals surface area contributed by atoms with Crippen LogP contribution in [0.5, 0.6) is 5.75 Å². The Hall–Kier alpha value is -2.67. The first-order valence-corrected chi connectivity index (χ1v) is 8.52. The van der Waals surface area contributed by atoms with E-state index in [4.69, 9.17) is 4.74 Å². The zero-order valence-electron chi connectivity index (χ0n) is 14.0. The fourth-order valence-electron chi connectivity index (χ4n) is 2.33. The summed E-state index contributed by atoms with van der Waals surface area (Å²) >= 11 is 1.33. The molecule has 0 unspecified atom stereocenters. The summed E-state index contributed by atoms with van der Waals surface area (Å²) in [6.07, 6.45) is -2.66. The van der Waals surface area contributed by atoms with Crippen LogP contribution in [0, 0.1) is 6.92 Å². The van der Waals surface area contributed by atoms with Gasteiger partial charge in [-0.3, -0.25) is 0 Å². The standard InChI is InChI=1S/C19H15F3N2OS/c1-12-17(23-11-14-5-3-4-6-16(14)25-2)26-18(24-12)13-7-9-15(10-8-13)19(20,21)22/h3-11H,1-2H3/b23-11+. The second-order valence-electron chi connectivity index (χ2n) is 5.48. The monoisotopic (exact) mass is 376 g/mol. The second kappa shape index (κ2) is 7.29. The summed E-state index contributed by atoms with van der Waals surface area (Å²) in [7, 11) is 1.59. The van der Waals surface area contributed by atoms with Gasteiger partial charge in [-0.05, 0) is 31.2 Å². The Morgan fingerprint density at radius 2 is 1.77 bits per heavy atom. The lowest BCUT2D eigenvalue weighted by atomic mass is 10.1. The zero-order chi connectivity index (χ0) is 18.7. The van der Waals surface area contributed by atoms with Crippen molar-refractivity contribution in [1.82, 2.24) is 4.98 Å². The van der Waals surface area contributed by atoms with Gasteiger partial charge < -0.3 is 4.74 Å². The maximum atomic E-state index is 12.7. The van der Waals surface area contributed by atoms with E-state index in [9.17, 15) is 13.2 Å². The average molecular weight is 376 g/mol. The lowest BCUT2D eigenvalue weighted by Gasteiger charge is -2.06. The van der Waals surface area contributed by atoms with Crippen LogP contribution in [-0.2, 0) is 6.18 Å². The number of thiazole rings is 1. The molecule has 0 aliphatic heterocycles. The maximum absolute atomic E-state index is 12.7. The minimum atomic E-state index is -4.35. The number of hydrogen-bond donors (Lipinski definition) is 0. The van der Waals surface area contributed by atoms with E-state index in [1.807, 2.05) is 31.2 Å². The van der Waals surface area contributed by atoms with E-state index in [0.717, 1.165) is 23.4 Å². The van der Waals surface area contributed by atoms with E-state index < -0.39 is 11.7 Å². The number of halogens is 3. The summed E-state index contributed by atoms with van der Waals surface area (Å²) in [4.78, 5) is 8.88. The summed E-state index contributed by atoms with van der Waals surface area (Å²) in [5.41, 5.74) is 1.50. The van der Waals surface area contributed by atoms with Crippen molar-refractivity contribution in [2.24, 2.45) is 4.99 Å². The first kappa shape index (κ1) is 18.1. The molecule has 134 valence electrons. The maximum Gasteiger partial charge on any atom is 0.416 e. The van der Waals surface area contributed by atoms with Gasteiger partial charge in [-0.25, -0.2) is 9.98 Å². The molecule has 3 rings (SSSR count). The molecule has 2 aromatic carbocycles. The number of hydrogen-bond acceptors (Lipinski definition) is 4. The summed E-state index contributed by atoms with van der Waals surface area (Å²) in [5.74, 6) is 0.710. The molecule has 0 aliphatic rings. The molecule has 7 heteroatoms. The van der Waals surface area contributed by atoms with Gasteiger partial charge in [0, 0.05) is 17.3 Å². The molecule has 0 fully saturated rings. The molecule has 0 saturated carbocycles. The molecule has 0 radical (unpaired) electrons. The predicted molar refractivity (Wildman–Crippen MR) is 97.5 cm³/mol. The molecule has 0 saturated heterocycles. The Labute approximate surface area is 152 Å². The third-order valence-corrected chi connectivity index (χ3v) is 4.81. The van der Waals surface area contributed by atoms with Crippen molar-refractivity contribution in [3.8, 4) is 16.3 Å². The van der Waals surface area contributed by atoms with Crippen LogP contribution in [-0.4, -0.2) is 18.3 Å². The molecule has 0 atom stereocenters. The van der Waals surface area contributed by atoms with E-state index in [-0.39, 0.29) is 0 Å². The van der Waals surface area contributed by atoms with Gasteiger partial charge in [-0.1, -0.05) is 35.6 Å². The van der Waals surface area contributed by atoms with Gasteiger partial charge in [0.25, 0.3) is 0 Å². The van der Waals surface area contributed by atoms with E-state index in [0.29, 0.717) is 21.3 Å². The Kier molecular flexibility index (Phi) is 5.08. The lowest BCUT2D eigenvalue weighted by molar-refractivity contribution is -0.137. The number of aryl methyl sites for hydroxylation is 1. The molecule has 0 N–H and O–H groups in total. The number of methoxy groups -OCH3 is 1. The number of aromatic nitrogens is 1. The molecule has 3 aromatic rings. The highest BCUT2D eigenvalue weighted by atomic mass is 32.1. The molecule has 1 heterocycles. The molecule has 1 aromatic heterocycles. The van der Waals surface area contributed by atoms with Crippen LogP contribution < -0.4 is 4.74 Å². The lowest BCUT2D eigenvalue weighted by Crippen LogP contribution is -2.03. The fraction of sp³-hybridized carbons (Fsp3) is 0.158. The van der Waals surface area contributed by atoms with Gasteiger partial charge in [-0.15, -0.1) is 0 Å². The Balaban J connectivity index is 1.86.